The van der Waals surface area contributed by atoms with E-state index in [4.69, 9.17) is 4.99 Å². The minimum atomic E-state index is -0.0587. The second-order valence-electron chi connectivity index (χ2n) is 7.21. The number of fused-ring (bicyclic) bond motifs is 3. The Morgan fingerprint density at radius 1 is 1.14 bits per heavy atom. The largest absolute Gasteiger partial charge is 0.302 e. The molecule has 7 heteroatoms. The molecular weight excluding hydrogens is 416 g/mol. The van der Waals surface area contributed by atoms with Crippen molar-refractivity contribution in [3.63, 3.8) is 0 Å². The molecule has 1 aliphatic rings. The van der Waals surface area contributed by atoms with Crippen LogP contribution in [0.25, 0.3) is 5.69 Å². The Hall–Kier alpha value is -2.38. The van der Waals surface area contributed by atoms with Crippen molar-refractivity contribution >= 4 is 21.6 Å². The van der Waals surface area contributed by atoms with E-state index < -0.39 is 0 Å². The highest BCUT2D eigenvalue weighted by atomic mass is 79.9. The third-order valence-corrected chi connectivity index (χ3v) is 5.21. The van der Waals surface area contributed by atoms with Crippen molar-refractivity contribution in [2.45, 2.75) is 32.4 Å². The molecule has 28 heavy (non-hydrogen) atoms. The summed E-state index contributed by atoms with van der Waals surface area (Å²) in [6.07, 6.45) is 3.73. The molecule has 1 atom stereocenters. The third kappa shape index (κ3) is 3.52. The predicted octanol–water partition coefficient (Wildman–Crippen LogP) is 4.18. The van der Waals surface area contributed by atoms with Crippen LogP contribution in [-0.4, -0.2) is 44.5 Å². The van der Waals surface area contributed by atoms with Crippen molar-refractivity contribution < 1.29 is 0 Å². The van der Waals surface area contributed by atoms with Gasteiger partial charge in [-0.1, -0.05) is 35.3 Å². The van der Waals surface area contributed by atoms with Crippen LogP contribution >= 0.6 is 15.9 Å². The molecule has 0 radical (unpaired) electrons. The van der Waals surface area contributed by atoms with Crippen molar-refractivity contribution in [3.8, 4) is 5.69 Å². The van der Waals surface area contributed by atoms with E-state index in [1.807, 2.05) is 38.5 Å². The van der Waals surface area contributed by atoms with Gasteiger partial charge in [-0.2, -0.15) is 0 Å². The zero-order valence-corrected chi connectivity index (χ0v) is 17.9. The molecule has 144 valence electrons. The molecule has 0 bridgehead atoms. The number of benzene rings is 1. The second kappa shape index (κ2) is 7.93. The Balaban J connectivity index is 2.00. The van der Waals surface area contributed by atoms with Crippen LogP contribution in [0.1, 0.15) is 48.7 Å². The monoisotopic (exact) mass is 438 g/mol. The Bertz CT molecular complexity index is 1010. The summed E-state index contributed by atoms with van der Waals surface area (Å²) >= 11 is 3.63. The lowest BCUT2D eigenvalue weighted by Gasteiger charge is -2.16. The van der Waals surface area contributed by atoms with Gasteiger partial charge in [0.2, 0.25) is 0 Å². The standard InChI is InChI=1S/C21H23BrN6/c1-4-7-17-21-26-25-19(13-27(2)3)28(21)18-10-9-14(22)12-15(18)20(24-17)16-8-5-6-11-23-16/h5-6,8-12,17H,4,7,13H2,1-3H3. The maximum absolute atomic E-state index is 5.15. The summed E-state index contributed by atoms with van der Waals surface area (Å²) in [7, 11) is 4.08. The summed E-state index contributed by atoms with van der Waals surface area (Å²) in [4.78, 5) is 11.8. The quantitative estimate of drug-likeness (QED) is 0.599. The van der Waals surface area contributed by atoms with E-state index in [9.17, 15) is 0 Å². The summed E-state index contributed by atoms with van der Waals surface area (Å²) < 4.78 is 3.19. The molecule has 1 unspecified atom stereocenters. The molecular formula is C21H23BrN6. The molecule has 1 aliphatic heterocycles. The number of hydrogen-bond acceptors (Lipinski definition) is 5. The highest BCUT2D eigenvalue weighted by Crippen LogP contribution is 2.34. The number of aliphatic imine (C=N–C) groups is 1. The third-order valence-electron chi connectivity index (χ3n) is 4.72. The predicted molar refractivity (Wildman–Crippen MR) is 114 cm³/mol. The van der Waals surface area contributed by atoms with Gasteiger partial charge in [0.15, 0.2) is 11.6 Å². The highest BCUT2D eigenvalue weighted by molar-refractivity contribution is 9.10. The van der Waals surface area contributed by atoms with Gasteiger partial charge in [0.1, 0.15) is 6.04 Å². The first kappa shape index (κ1) is 19.0. The van der Waals surface area contributed by atoms with Gasteiger partial charge in [0, 0.05) is 16.2 Å². The van der Waals surface area contributed by atoms with E-state index in [1.54, 1.807) is 0 Å². The summed E-state index contributed by atoms with van der Waals surface area (Å²) in [5, 5.41) is 9.07. The fourth-order valence-corrected chi connectivity index (χ4v) is 3.91. The number of hydrogen-bond donors (Lipinski definition) is 0. The minimum absolute atomic E-state index is 0.0587. The number of halogens is 1. The van der Waals surface area contributed by atoms with E-state index in [0.717, 1.165) is 51.6 Å². The summed E-state index contributed by atoms with van der Waals surface area (Å²) in [5.41, 5.74) is 3.85. The number of nitrogens with zero attached hydrogens (tertiary/aromatic N) is 6. The smallest absolute Gasteiger partial charge is 0.162 e. The van der Waals surface area contributed by atoms with Gasteiger partial charge in [-0.3, -0.25) is 14.5 Å². The van der Waals surface area contributed by atoms with Gasteiger partial charge in [0.05, 0.1) is 23.6 Å². The van der Waals surface area contributed by atoms with Crippen molar-refractivity contribution in [2.24, 2.45) is 4.99 Å². The molecule has 0 N–H and O–H groups in total. The van der Waals surface area contributed by atoms with Gasteiger partial charge < -0.3 is 4.90 Å². The number of pyridine rings is 1. The highest BCUT2D eigenvalue weighted by Gasteiger charge is 2.29. The lowest BCUT2D eigenvalue weighted by molar-refractivity contribution is 0.386. The molecule has 0 saturated carbocycles. The molecule has 0 fully saturated rings. The average Bonchev–Trinajstić information content (AvgIpc) is 3.02. The molecule has 0 aliphatic carbocycles. The van der Waals surface area contributed by atoms with Crippen LogP contribution in [0.15, 0.2) is 52.1 Å². The fraction of sp³-hybridized carbons (Fsp3) is 0.333. The van der Waals surface area contributed by atoms with Gasteiger partial charge in [-0.05, 0) is 50.8 Å². The molecule has 0 amide bonds. The van der Waals surface area contributed by atoms with Crippen LogP contribution in [0.5, 0.6) is 0 Å². The molecule has 6 nitrogen and oxygen atoms in total. The lowest BCUT2D eigenvalue weighted by Crippen LogP contribution is -2.17. The van der Waals surface area contributed by atoms with Gasteiger partial charge in [-0.25, -0.2) is 0 Å². The van der Waals surface area contributed by atoms with Crippen molar-refractivity contribution in [1.29, 1.82) is 0 Å². The van der Waals surface area contributed by atoms with E-state index in [2.05, 4.69) is 65.7 Å². The van der Waals surface area contributed by atoms with E-state index >= 15 is 0 Å². The summed E-state index contributed by atoms with van der Waals surface area (Å²) in [6, 6.07) is 12.2. The van der Waals surface area contributed by atoms with Crippen LogP contribution in [0.3, 0.4) is 0 Å². The van der Waals surface area contributed by atoms with Crippen LogP contribution < -0.4 is 0 Å². The first-order valence-corrected chi connectivity index (χ1v) is 10.3. The molecule has 0 spiro atoms. The second-order valence-corrected chi connectivity index (χ2v) is 8.12. The van der Waals surface area contributed by atoms with Crippen molar-refractivity contribution in [1.82, 2.24) is 24.6 Å². The van der Waals surface area contributed by atoms with Crippen LogP contribution in [-0.2, 0) is 6.54 Å². The van der Waals surface area contributed by atoms with Gasteiger partial charge >= 0.3 is 0 Å². The van der Waals surface area contributed by atoms with Gasteiger partial charge in [0.25, 0.3) is 0 Å². The van der Waals surface area contributed by atoms with Crippen molar-refractivity contribution in [3.05, 3.63) is 70.0 Å². The zero-order chi connectivity index (χ0) is 19.7. The Kier molecular flexibility index (Phi) is 5.37. The zero-order valence-electron chi connectivity index (χ0n) is 16.3. The lowest BCUT2D eigenvalue weighted by atomic mass is 10.0. The summed E-state index contributed by atoms with van der Waals surface area (Å²) in [6.45, 7) is 2.88. The number of aromatic nitrogens is 4. The van der Waals surface area contributed by atoms with Crippen molar-refractivity contribution in [2.75, 3.05) is 14.1 Å². The Labute approximate surface area is 173 Å². The van der Waals surface area contributed by atoms with Gasteiger partial charge in [-0.15, -0.1) is 10.2 Å². The Morgan fingerprint density at radius 2 is 2.00 bits per heavy atom. The number of rotatable bonds is 5. The van der Waals surface area contributed by atoms with E-state index in [0.29, 0.717) is 6.54 Å². The maximum Gasteiger partial charge on any atom is 0.162 e. The van der Waals surface area contributed by atoms with Crippen LogP contribution in [0.4, 0.5) is 0 Å². The normalized spacial score (nSPS) is 15.8. The molecule has 2 aromatic heterocycles. The van der Waals surface area contributed by atoms with E-state index in [1.165, 1.54) is 0 Å². The topological polar surface area (TPSA) is 59.2 Å². The molecule has 0 saturated heterocycles. The maximum atomic E-state index is 5.15. The average molecular weight is 439 g/mol. The molecule has 4 rings (SSSR count). The van der Waals surface area contributed by atoms with Crippen LogP contribution in [0.2, 0.25) is 0 Å². The Morgan fingerprint density at radius 3 is 2.71 bits per heavy atom. The SMILES string of the molecule is CCCC1N=C(c2ccccn2)c2cc(Br)ccc2-n2c(CN(C)C)nnc21. The van der Waals surface area contributed by atoms with E-state index in [-0.39, 0.29) is 6.04 Å². The molecule has 3 heterocycles. The fourth-order valence-electron chi connectivity index (χ4n) is 3.54. The first-order chi connectivity index (χ1) is 13.6. The van der Waals surface area contributed by atoms with Crippen LogP contribution in [0, 0.1) is 0 Å². The molecule has 3 aromatic rings. The molecule has 1 aromatic carbocycles. The first-order valence-electron chi connectivity index (χ1n) is 9.47. The summed E-state index contributed by atoms with van der Waals surface area (Å²) in [5.74, 6) is 1.82. The minimum Gasteiger partial charge on any atom is -0.302 e.